The fraction of sp³-hybridized carbons (Fsp3) is 0.105. The van der Waals surface area contributed by atoms with E-state index in [1.807, 2.05) is 60.1 Å². The number of carbonyl (C=O) groups excluding carboxylic acids is 1. The topological polar surface area (TPSA) is 72.4 Å². The molecule has 1 N–H and O–H groups in total. The van der Waals surface area contributed by atoms with Gasteiger partial charge in [0.25, 0.3) is 5.91 Å². The van der Waals surface area contributed by atoms with Crippen molar-refractivity contribution >= 4 is 17.2 Å². The highest BCUT2D eigenvalue weighted by atomic mass is 16.5. The Morgan fingerprint density at radius 1 is 1.20 bits per heavy atom. The number of aryl methyl sites for hydroxylation is 2. The highest BCUT2D eigenvalue weighted by Gasteiger charge is 2.13. The van der Waals surface area contributed by atoms with Gasteiger partial charge in [0.05, 0.1) is 11.9 Å². The van der Waals surface area contributed by atoms with Gasteiger partial charge in [-0.3, -0.25) is 4.79 Å². The van der Waals surface area contributed by atoms with Crippen molar-refractivity contribution in [2.45, 2.75) is 13.8 Å². The molecule has 0 spiro atoms. The highest BCUT2D eigenvalue weighted by molar-refractivity contribution is 6.04. The molecule has 0 atom stereocenters. The quantitative estimate of drug-likeness (QED) is 0.618. The Kier molecular flexibility index (Phi) is 3.57. The van der Waals surface area contributed by atoms with Crippen LogP contribution in [0.3, 0.4) is 0 Å². The van der Waals surface area contributed by atoms with E-state index < -0.39 is 0 Å². The van der Waals surface area contributed by atoms with E-state index in [9.17, 15) is 4.79 Å². The molecule has 6 nitrogen and oxygen atoms in total. The summed E-state index contributed by atoms with van der Waals surface area (Å²) in [6.07, 6.45) is 5.37. The molecule has 0 radical (unpaired) electrons. The summed E-state index contributed by atoms with van der Waals surface area (Å²) >= 11 is 0. The molecule has 0 fully saturated rings. The number of amides is 1. The maximum Gasteiger partial charge on any atom is 0.260 e. The summed E-state index contributed by atoms with van der Waals surface area (Å²) in [6, 6.07) is 11.6. The molecule has 0 unspecified atom stereocenters. The zero-order valence-electron chi connectivity index (χ0n) is 13.9. The van der Waals surface area contributed by atoms with Crippen LogP contribution in [0.1, 0.15) is 21.7 Å². The molecule has 0 saturated heterocycles. The van der Waals surface area contributed by atoms with Crippen LogP contribution in [0.15, 0.2) is 59.5 Å². The van der Waals surface area contributed by atoms with Gasteiger partial charge in [-0.05, 0) is 37.6 Å². The monoisotopic (exact) mass is 332 g/mol. The summed E-state index contributed by atoms with van der Waals surface area (Å²) in [5.74, 6) is 0.242. The smallest absolute Gasteiger partial charge is 0.260 e. The van der Waals surface area contributed by atoms with Crippen LogP contribution < -0.4 is 5.32 Å². The van der Waals surface area contributed by atoms with Gasteiger partial charge in [-0.15, -0.1) is 0 Å². The lowest BCUT2D eigenvalue weighted by Crippen LogP contribution is -2.12. The van der Waals surface area contributed by atoms with E-state index in [0.717, 1.165) is 22.5 Å². The number of aromatic nitrogens is 3. The molecule has 1 amide bonds. The second-order valence-electron chi connectivity index (χ2n) is 5.88. The Morgan fingerprint density at radius 2 is 2.08 bits per heavy atom. The van der Waals surface area contributed by atoms with Crippen molar-refractivity contribution in [1.29, 1.82) is 0 Å². The zero-order valence-corrected chi connectivity index (χ0v) is 13.9. The number of benzene rings is 1. The molecule has 0 saturated carbocycles. The van der Waals surface area contributed by atoms with Crippen molar-refractivity contribution < 1.29 is 9.32 Å². The largest absolute Gasteiger partial charge is 0.361 e. The lowest BCUT2D eigenvalue weighted by molar-refractivity contribution is 0.102. The van der Waals surface area contributed by atoms with Crippen LogP contribution in [0, 0.1) is 13.8 Å². The van der Waals surface area contributed by atoms with E-state index in [1.165, 1.54) is 6.20 Å². The average Bonchev–Trinajstić information content (AvgIpc) is 3.22. The number of nitrogens with zero attached hydrogens (tertiary/aromatic N) is 3. The molecule has 4 rings (SSSR count). The van der Waals surface area contributed by atoms with Crippen LogP contribution in [0.25, 0.3) is 16.9 Å². The third-order valence-electron chi connectivity index (χ3n) is 4.09. The summed E-state index contributed by atoms with van der Waals surface area (Å²) in [7, 11) is 0. The number of fused-ring (bicyclic) bond motifs is 1. The summed E-state index contributed by atoms with van der Waals surface area (Å²) in [4.78, 5) is 17.0. The van der Waals surface area contributed by atoms with Gasteiger partial charge in [-0.2, -0.15) is 0 Å². The Hall–Kier alpha value is -3.41. The van der Waals surface area contributed by atoms with Crippen molar-refractivity contribution in [2.75, 3.05) is 5.32 Å². The lowest BCUT2D eigenvalue weighted by Gasteiger charge is -2.05. The fourth-order valence-electron chi connectivity index (χ4n) is 2.76. The van der Waals surface area contributed by atoms with Crippen LogP contribution in [-0.2, 0) is 0 Å². The van der Waals surface area contributed by atoms with E-state index in [4.69, 9.17) is 9.51 Å². The van der Waals surface area contributed by atoms with Crippen LogP contribution >= 0.6 is 0 Å². The van der Waals surface area contributed by atoms with Gasteiger partial charge in [-0.25, -0.2) is 4.98 Å². The molecular formula is C19H16N4O2. The summed E-state index contributed by atoms with van der Waals surface area (Å²) in [5, 5.41) is 6.50. The van der Waals surface area contributed by atoms with E-state index in [2.05, 4.69) is 10.5 Å². The first-order valence-corrected chi connectivity index (χ1v) is 7.89. The number of rotatable bonds is 3. The zero-order chi connectivity index (χ0) is 17.4. The van der Waals surface area contributed by atoms with E-state index in [0.29, 0.717) is 17.0 Å². The van der Waals surface area contributed by atoms with Crippen LogP contribution in [0.4, 0.5) is 5.69 Å². The molecule has 0 aliphatic heterocycles. The maximum atomic E-state index is 12.3. The predicted octanol–water partition coefficient (Wildman–Crippen LogP) is 3.86. The predicted molar refractivity (Wildman–Crippen MR) is 94.6 cm³/mol. The minimum atomic E-state index is -0.248. The molecule has 124 valence electrons. The van der Waals surface area contributed by atoms with Crippen LogP contribution in [-0.4, -0.2) is 20.4 Å². The van der Waals surface area contributed by atoms with Crippen molar-refractivity contribution in [3.8, 4) is 11.3 Å². The normalized spacial score (nSPS) is 11.0. The molecule has 4 aromatic rings. The van der Waals surface area contributed by atoms with Gasteiger partial charge >= 0.3 is 0 Å². The molecule has 0 bridgehead atoms. The summed E-state index contributed by atoms with van der Waals surface area (Å²) < 4.78 is 6.93. The van der Waals surface area contributed by atoms with Crippen LogP contribution in [0.5, 0.6) is 0 Å². The molecule has 1 aromatic carbocycles. The van der Waals surface area contributed by atoms with Gasteiger partial charge in [0.1, 0.15) is 17.0 Å². The van der Waals surface area contributed by atoms with E-state index >= 15 is 0 Å². The molecule has 0 aliphatic rings. The number of anilines is 1. The third kappa shape index (κ3) is 2.78. The third-order valence-corrected chi connectivity index (χ3v) is 4.09. The fourth-order valence-corrected chi connectivity index (χ4v) is 2.76. The van der Waals surface area contributed by atoms with Crippen molar-refractivity contribution in [3.05, 3.63) is 71.9 Å². The molecule has 0 aliphatic carbocycles. The molecule has 6 heteroatoms. The van der Waals surface area contributed by atoms with Crippen molar-refractivity contribution in [3.63, 3.8) is 0 Å². The summed E-state index contributed by atoms with van der Waals surface area (Å²) in [5.41, 5.74) is 4.94. The SMILES string of the molecule is Cc1oncc1C(=O)Nc1cccc(-c2cn3cccc(C)c3n2)c1. The number of carbonyl (C=O) groups is 1. The molecule has 3 aromatic heterocycles. The Morgan fingerprint density at radius 3 is 2.84 bits per heavy atom. The Labute approximate surface area is 144 Å². The van der Waals surface area contributed by atoms with Crippen LogP contribution in [0.2, 0.25) is 0 Å². The summed E-state index contributed by atoms with van der Waals surface area (Å²) in [6.45, 7) is 3.74. The van der Waals surface area contributed by atoms with Gasteiger partial charge in [0.15, 0.2) is 0 Å². The first-order chi connectivity index (χ1) is 12.1. The standard InChI is InChI=1S/C19H16N4O2/c1-12-5-4-8-23-11-17(22-18(12)23)14-6-3-7-15(9-14)21-19(24)16-10-20-25-13(16)2/h3-11H,1-2H3,(H,21,24). The minimum Gasteiger partial charge on any atom is -0.361 e. The van der Waals surface area contributed by atoms with Gasteiger partial charge in [0, 0.05) is 23.6 Å². The molecule has 3 heterocycles. The van der Waals surface area contributed by atoms with Gasteiger partial charge in [0.2, 0.25) is 0 Å². The van der Waals surface area contributed by atoms with E-state index in [1.54, 1.807) is 6.92 Å². The average molecular weight is 332 g/mol. The van der Waals surface area contributed by atoms with E-state index in [-0.39, 0.29) is 5.91 Å². The molecular weight excluding hydrogens is 316 g/mol. The number of pyridine rings is 1. The first-order valence-electron chi connectivity index (χ1n) is 7.89. The van der Waals surface area contributed by atoms with Crippen molar-refractivity contribution in [2.24, 2.45) is 0 Å². The highest BCUT2D eigenvalue weighted by Crippen LogP contribution is 2.24. The second kappa shape index (κ2) is 5.90. The number of nitrogens with one attached hydrogen (secondary N) is 1. The molecule has 25 heavy (non-hydrogen) atoms. The second-order valence-corrected chi connectivity index (χ2v) is 5.88. The maximum absolute atomic E-state index is 12.3. The Bertz CT molecular complexity index is 1080. The van der Waals surface area contributed by atoms with Gasteiger partial charge < -0.3 is 14.2 Å². The number of imidazole rings is 1. The van der Waals surface area contributed by atoms with Crippen molar-refractivity contribution in [1.82, 2.24) is 14.5 Å². The van der Waals surface area contributed by atoms with Gasteiger partial charge in [-0.1, -0.05) is 23.4 Å². The first kappa shape index (κ1) is 15.1. The Balaban J connectivity index is 1.66. The lowest BCUT2D eigenvalue weighted by atomic mass is 10.1. The number of hydrogen-bond acceptors (Lipinski definition) is 4. The minimum absolute atomic E-state index is 0.248. The number of hydrogen-bond donors (Lipinski definition) is 1.